The Balaban J connectivity index is 1.53. The minimum Gasteiger partial charge on any atom is -0.452 e. The van der Waals surface area contributed by atoms with Crippen LogP contribution in [-0.2, 0) is 24.3 Å². The van der Waals surface area contributed by atoms with E-state index in [1.807, 2.05) is 12.2 Å². The molecule has 1 aromatic rings. The minimum absolute atomic E-state index is 0.187. The van der Waals surface area contributed by atoms with E-state index in [4.69, 9.17) is 4.74 Å². The zero-order valence-electron chi connectivity index (χ0n) is 16.0. The van der Waals surface area contributed by atoms with E-state index >= 15 is 0 Å². The van der Waals surface area contributed by atoms with Gasteiger partial charge in [0.1, 0.15) is 0 Å². The number of hydrogen-bond acceptors (Lipinski definition) is 5. The van der Waals surface area contributed by atoms with Crippen molar-refractivity contribution in [2.75, 3.05) is 26.2 Å². The van der Waals surface area contributed by atoms with Crippen molar-refractivity contribution >= 4 is 21.9 Å². The van der Waals surface area contributed by atoms with Crippen molar-refractivity contribution in [3.63, 3.8) is 0 Å². The molecule has 0 bridgehead atoms. The highest BCUT2D eigenvalue weighted by atomic mass is 32.2. The van der Waals surface area contributed by atoms with Gasteiger partial charge in [0.2, 0.25) is 10.0 Å². The molecule has 1 fully saturated rings. The van der Waals surface area contributed by atoms with Crippen molar-refractivity contribution < 1.29 is 22.7 Å². The number of sulfonamides is 1. The molecule has 2 aliphatic rings. The highest BCUT2D eigenvalue weighted by molar-refractivity contribution is 7.89. The summed E-state index contributed by atoms with van der Waals surface area (Å²) in [7, 11) is -3.56. The number of allylic oxidation sites excluding steroid dienone is 2. The lowest BCUT2D eigenvalue weighted by atomic mass is 9.95. The number of carbonyl (C=O) groups is 2. The number of piperazine rings is 1. The first-order valence-corrected chi connectivity index (χ1v) is 11.0. The second-order valence-corrected chi connectivity index (χ2v) is 9.04. The number of rotatable bonds is 5. The minimum atomic E-state index is -3.56. The summed E-state index contributed by atoms with van der Waals surface area (Å²) >= 11 is 0. The van der Waals surface area contributed by atoms with Crippen LogP contribution in [0.5, 0.6) is 0 Å². The van der Waals surface area contributed by atoms with Crippen LogP contribution in [0.2, 0.25) is 0 Å². The fourth-order valence-electron chi connectivity index (χ4n) is 3.48. The maximum Gasteiger partial charge on any atom is 0.310 e. The molecule has 0 N–H and O–H groups in total. The summed E-state index contributed by atoms with van der Waals surface area (Å²) in [4.78, 5) is 26.6. The third-order valence-electron chi connectivity index (χ3n) is 5.17. The van der Waals surface area contributed by atoms with E-state index in [1.165, 1.54) is 4.31 Å². The Morgan fingerprint density at radius 3 is 2.36 bits per heavy atom. The summed E-state index contributed by atoms with van der Waals surface area (Å²) in [5.74, 6) is -0.805. The molecule has 0 saturated carbocycles. The molecule has 7 nitrogen and oxygen atoms in total. The lowest BCUT2D eigenvalue weighted by Crippen LogP contribution is -2.53. The average Bonchev–Trinajstić information content (AvgIpc) is 2.74. The van der Waals surface area contributed by atoms with E-state index < -0.39 is 16.1 Å². The predicted molar refractivity (Wildman–Crippen MR) is 104 cm³/mol. The van der Waals surface area contributed by atoms with Crippen molar-refractivity contribution in [2.45, 2.75) is 37.2 Å². The highest BCUT2D eigenvalue weighted by Crippen LogP contribution is 2.21. The van der Waals surface area contributed by atoms with Gasteiger partial charge in [-0.3, -0.25) is 9.59 Å². The van der Waals surface area contributed by atoms with Gasteiger partial charge in [0.15, 0.2) is 6.10 Å². The smallest absolute Gasteiger partial charge is 0.310 e. The third kappa shape index (κ3) is 4.62. The highest BCUT2D eigenvalue weighted by Gasteiger charge is 2.33. The zero-order chi connectivity index (χ0) is 20.1. The lowest BCUT2D eigenvalue weighted by Gasteiger charge is -2.35. The van der Waals surface area contributed by atoms with Crippen molar-refractivity contribution in [2.24, 2.45) is 5.92 Å². The van der Waals surface area contributed by atoms with Gasteiger partial charge in [0.25, 0.3) is 5.91 Å². The molecule has 1 aliphatic heterocycles. The average molecular weight is 407 g/mol. The van der Waals surface area contributed by atoms with Crippen LogP contribution in [0.3, 0.4) is 0 Å². The second-order valence-electron chi connectivity index (χ2n) is 7.10. The topological polar surface area (TPSA) is 84.0 Å². The van der Waals surface area contributed by atoms with Gasteiger partial charge in [0, 0.05) is 26.2 Å². The molecule has 0 unspecified atom stereocenters. The Morgan fingerprint density at radius 1 is 1.07 bits per heavy atom. The van der Waals surface area contributed by atoms with Gasteiger partial charge in [-0.05, 0) is 38.3 Å². The van der Waals surface area contributed by atoms with Gasteiger partial charge in [-0.25, -0.2) is 8.42 Å². The first-order chi connectivity index (χ1) is 13.4. The van der Waals surface area contributed by atoms with Gasteiger partial charge in [-0.2, -0.15) is 4.31 Å². The third-order valence-corrected chi connectivity index (χ3v) is 7.09. The first-order valence-electron chi connectivity index (χ1n) is 9.59. The molecule has 3 rings (SSSR count). The molecule has 0 radical (unpaired) electrons. The number of hydrogen-bond donors (Lipinski definition) is 0. The largest absolute Gasteiger partial charge is 0.452 e. The summed E-state index contributed by atoms with van der Waals surface area (Å²) in [6.07, 6.45) is 5.38. The van der Waals surface area contributed by atoms with Crippen LogP contribution in [0.1, 0.15) is 26.2 Å². The fraction of sp³-hybridized carbons (Fsp3) is 0.500. The zero-order valence-corrected chi connectivity index (χ0v) is 16.8. The van der Waals surface area contributed by atoms with E-state index in [0.717, 1.165) is 12.8 Å². The number of esters is 1. The SMILES string of the molecule is C[C@H](OC(=O)[C@H]1CC=CCC1)C(=O)N1CCN(S(=O)(=O)c2ccccc2)CC1. The predicted octanol–water partition coefficient (Wildman–Crippen LogP) is 1.81. The molecule has 152 valence electrons. The Morgan fingerprint density at radius 2 is 1.75 bits per heavy atom. The van der Waals surface area contributed by atoms with Crippen LogP contribution in [0.25, 0.3) is 0 Å². The fourth-order valence-corrected chi connectivity index (χ4v) is 4.92. The van der Waals surface area contributed by atoms with Crippen molar-refractivity contribution in [3.05, 3.63) is 42.5 Å². The standard InChI is InChI=1S/C20H26N2O5S/c1-16(27-20(24)17-8-4-2-5-9-17)19(23)21-12-14-22(15-13-21)28(25,26)18-10-6-3-7-11-18/h2-4,6-7,10-11,16-17H,5,8-9,12-15H2,1H3/t16-,17-/m0/s1. The summed E-state index contributed by atoms with van der Waals surface area (Å²) in [5.41, 5.74) is 0. The van der Waals surface area contributed by atoms with E-state index in [2.05, 4.69) is 0 Å². The van der Waals surface area contributed by atoms with Crippen LogP contribution < -0.4 is 0 Å². The number of nitrogens with zero attached hydrogens (tertiary/aromatic N) is 2. The number of amides is 1. The van der Waals surface area contributed by atoms with Gasteiger partial charge in [-0.15, -0.1) is 0 Å². The van der Waals surface area contributed by atoms with E-state index in [1.54, 1.807) is 42.2 Å². The van der Waals surface area contributed by atoms with Crippen LogP contribution in [0.4, 0.5) is 0 Å². The van der Waals surface area contributed by atoms with Crippen molar-refractivity contribution in [1.82, 2.24) is 9.21 Å². The molecule has 0 aromatic heterocycles. The summed E-state index contributed by atoms with van der Waals surface area (Å²) in [5, 5.41) is 0. The van der Waals surface area contributed by atoms with Crippen LogP contribution in [-0.4, -0.2) is 61.8 Å². The quantitative estimate of drug-likeness (QED) is 0.550. The molecular formula is C20H26N2O5S. The second kappa shape index (κ2) is 8.87. The Bertz CT molecular complexity index is 829. The molecule has 1 amide bonds. The molecule has 28 heavy (non-hydrogen) atoms. The first kappa shape index (κ1) is 20.5. The normalized spacial score (nSPS) is 21.9. The van der Waals surface area contributed by atoms with Crippen molar-refractivity contribution in [3.8, 4) is 0 Å². The number of ether oxygens (including phenoxy) is 1. The Hall–Kier alpha value is -2.19. The van der Waals surface area contributed by atoms with Crippen LogP contribution in [0, 0.1) is 5.92 Å². The molecule has 1 aromatic carbocycles. The molecule has 1 aliphatic carbocycles. The maximum absolute atomic E-state index is 12.7. The van der Waals surface area contributed by atoms with Crippen LogP contribution >= 0.6 is 0 Å². The molecule has 2 atom stereocenters. The van der Waals surface area contributed by atoms with Gasteiger partial charge >= 0.3 is 5.97 Å². The van der Waals surface area contributed by atoms with E-state index in [0.29, 0.717) is 6.42 Å². The molecule has 1 saturated heterocycles. The Labute approximate surface area is 166 Å². The number of benzene rings is 1. The molecule has 8 heteroatoms. The van der Waals surface area contributed by atoms with Gasteiger partial charge in [-0.1, -0.05) is 30.4 Å². The maximum atomic E-state index is 12.7. The lowest BCUT2D eigenvalue weighted by molar-refractivity contribution is -0.163. The molecule has 0 spiro atoms. The van der Waals surface area contributed by atoms with Crippen LogP contribution in [0.15, 0.2) is 47.4 Å². The Kier molecular flexibility index (Phi) is 6.51. The number of carbonyl (C=O) groups excluding carboxylic acids is 2. The van der Waals surface area contributed by atoms with E-state index in [9.17, 15) is 18.0 Å². The molecule has 1 heterocycles. The van der Waals surface area contributed by atoms with E-state index in [-0.39, 0.29) is 48.9 Å². The van der Waals surface area contributed by atoms with Gasteiger partial charge < -0.3 is 9.64 Å². The molecular weight excluding hydrogens is 380 g/mol. The summed E-state index contributed by atoms with van der Waals surface area (Å²) in [6.45, 7) is 2.57. The van der Waals surface area contributed by atoms with Gasteiger partial charge in [0.05, 0.1) is 10.8 Å². The monoisotopic (exact) mass is 406 g/mol. The summed E-state index contributed by atoms with van der Waals surface area (Å²) in [6, 6.07) is 8.27. The van der Waals surface area contributed by atoms with Crippen molar-refractivity contribution in [1.29, 1.82) is 0 Å². The summed E-state index contributed by atoms with van der Waals surface area (Å²) < 4.78 is 32.1.